The van der Waals surface area contributed by atoms with Gasteiger partial charge in [-0.15, -0.1) is 6.58 Å². The van der Waals surface area contributed by atoms with Crippen molar-refractivity contribution in [3.05, 3.63) is 35.4 Å². The summed E-state index contributed by atoms with van der Waals surface area (Å²) in [6.45, 7) is 5.79. The lowest BCUT2D eigenvalue weighted by atomic mass is 9.96. The molecule has 25 heavy (non-hydrogen) atoms. The molecule has 1 aromatic carbocycles. The molecule has 1 aromatic rings. The Balaban J connectivity index is 2.24. The molecule has 0 N–H and O–H groups in total. The Labute approximate surface area is 148 Å². The number of allylic oxidation sites excluding steroid dienone is 1. The van der Waals surface area contributed by atoms with Gasteiger partial charge in [0.2, 0.25) is 0 Å². The van der Waals surface area contributed by atoms with Gasteiger partial charge in [-0.2, -0.15) is 0 Å². The van der Waals surface area contributed by atoms with Crippen LogP contribution in [0.2, 0.25) is 0 Å². The summed E-state index contributed by atoms with van der Waals surface area (Å²) in [5.74, 6) is -1.48. The topological polar surface area (TPSA) is 57.2 Å². The average Bonchev–Trinajstić information content (AvgIpc) is 2.94. The average molecular weight is 347 g/mol. The molecular formula is C19H25NO5. The maximum atomic E-state index is 12.5. The predicted molar refractivity (Wildman–Crippen MR) is 94.1 cm³/mol. The third kappa shape index (κ3) is 2.79. The van der Waals surface area contributed by atoms with Gasteiger partial charge in [-0.05, 0) is 31.7 Å². The van der Waals surface area contributed by atoms with Crippen LogP contribution >= 0.6 is 0 Å². The Morgan fingerprint density at radius 2 is 1.92 bits per heavy atom. The normalized spacial score (nSPS) is 18.7. The molecule has 136 valence electrons. The van der Waals surface area contributed by atoms with E-state index < -0.39 is 11.9 Å². The van der Waals surface area contributed by atoms with E-state index in [-0.39, 0.29) is 0 Å². The minimum atomic E-state index is -1.58. The van der Waals surface area contributed by atoms with Crippen molar-refractivity contribution in [3.8, 4) is 5.75 Å². The van der Waals surface area contributed by atoms with Crippen LogP contribution in [-0.2, 0) is 26.6 Å². The number of cyclic esters (lactones) is 1. The second-order valence-electron chi connectivity index (χ2n) is 6.22. The van der Waals surface area contributed by atoms with Crippen molar-refractivity contribution in [2.75, 3.05) is 39.3 Å². The van der Waals surface area contributed by atoms with Crippen LogP contribution < -0.4 is 9.64 Å². The van der Waals surface area contributed by atoms with Crippen LogP contribution in [0, 0.1) is 0 Å². The van der Waals surface area contributed by atoms with Gasteiger partial charge in [0.15, 0.2) is 0 Å². The molecule has 6 heteroatoms. The number of piperidine rings is 1. The number of ether oxygens (including phenoxy) is 4. The molecule has 2 aliphatic rings. The maximum absolute atomic E-state index is 12.5. The van der Waals surface area contributed by atoms with E-state index in [0.29, 0.717) is 23.3 Å². The van der Waals surface area contributed by atoms with Gasteiger partial charge < -0.3 is 23.8 Å². The maximum Gasteiger partial charge on any atom is 0.362 e. The number of rotatable bonds is 6. The Morgan fingerprint density at radius 1 is 1.24 bits per heavy atom. The first kappa shape index (κ1) is 17.8. The lowest BCUT2D eigenvalue weighted by Gasteiger charge is -2.32. The molecule has 0 unspecified atom stereocenters. The second kappa shape index (κ2) is 7.06. The number of methoxy groups -OCH3 is 3. The molecule has 1 saturated heterocycles. The smallest absolute Gasteiger partial charge is 0.362 e. The Bertz CT molecular complexity index is 675. The highest BCUT2D eigenvalue weighted by atomic mass is 16.9. The number of benzene rings is 1. The van der Waals surface area contributed by atoms with E-state index in [1.54, 1.807) is 7.11 Å². The van der Waals surface area contributed by atoms with E-state index in [9.17, 15) is 4.79 Å². The molecule has 3 rings (SSSR count). The first-order valence-corrected chi connectivity index (χ1v) is 8.55. The molecule has 6 nitrogen and oxygen atoms in total. The van der Waals surface area contributed by atoms with Crippen LogP contribution in [0.1, 0.15) is 40.7 Å². The van der Waals surface area contributed by atoms with E-state index in [2.05, 4.69) is 11.5 Å². The standard InChI is InChI=1S/C19H25NO5/c1-5-9-13-15(20-10-7-6-8-11-20)12-14-16(17(13)22-2)19(23-3,24-4)25-18(14)21/h5,12H,1,6-11H2,2-4H3. The second-order valence-corrected chi connectivity index (χ2v) is 6.22. The van der Waals surface area contributed by atoms with Crippen LogP contribution in [0.4, 0.5) is 5.69 Å². The van der Waals surface area contributed by atoms with Gasteiger partial charge in [0.25, 0.3) is 0 Å². The van der Waals surface area contributed by atoms with E-state index in [0.717, 1.165) is 37.2 Å². The van der Waals surface area contributed by atoms with Crippen molar-refractivity contribution in [3.63, 3.8) is 0 Å². The molecular weight excluding hydrogens is 322 g/mol. The third-order valence-corrected chi connectivity index (χ3v) is 4.90. The monoisotopic (exact) mass is 347 g/mol. The van der Waals surface area contributed by atoms with Crippen molar-refractivity contribution < 1.29 is 23.7 Å². The summed E-state index contributed by atoms with van der Waals surface area (Å²) >= 11 is 0. The fourth-order valence-corrected chi connectivity index (χ4v) is 3.73. The number of hydrogen-bond acceptors (Lipinski definition) is 6. The fourth-order valence-electron chi connectivity index (χ4n) is 3.73. The first-order valence-electron chi connectivity index (χ1n) is 8.55. The van der Waals surface area contributed by atoms with Crippen molar-refractivity contribution >= 4 is 11.7 Å². The van der Waals surface area contributed by atoms with Gasteiger partial charge in [-0.3, -0.25) is 0 Å². The molecule has 0 aromatic heterocycles. The van der Waals surface area contributed by atoms with Gasteiger partial charge in [0, 0.05) is 38.6 Å². The largest absolute Gasteiger partial charge is 0.496 e. The number of fused-ring (bicyclic) bond motifs is 1. The molecule has 0 saturated carbocycles. The minimum Gasteiger partial charge on any atom is -0.496 e. The predicted octanol–water partition coefficient (Wildman–Crippen LogP) is 2.99. The third-order valence-electron chi connectivity index (χ3n) is 4.90. The van der Waals surface area contributed by atoms with E-state index in [1.807, 2.05) is 12.1 Å². The molecule has 0 spiro atoms. The van der Waals surface area contributed by atoms with Gasteiger partial charge in [-0.1, -0.05) is 6.08 Å². The molecule has 0 bridgehead atoms. The lowest BCUT2D eigenvalue weighted by Crippen LogP contribution is -2.32. The van der Waals surface area contributed by atoms with E-state index >= 15 is 0 Å². The molecule has 2 aliphatic heterocycles. The van der Waals surface area contributed by atoms with Crippen LogP contribution in [0.3, 0.4) is 0 Å². The minimum absolute atomic E-state index is 0.425. The highest BCUT2D eigenvalue weighted by Crippen LogP contribution is 2.48. The number of carbonyl (C=O) groups excluding carboxylic acids is 1. The van der Waals surface area contributed by atoms with Crippen molar-refractivity contribution in [2.24, 2.45) is 0 Å². The molecule has 0 radical (unpaired) electrons. The zero-order chi connectivity index (χ0) is 18.0. The zero-order valence-corrected chi connectivity index (χ0v) is 15.1. The Hall–Kier alpha value is -2.05. The highest BCUT2D eigenvalue weighted by Gasteiger charge is 2.51. The summed E-state index contributed by atoms with van der Waals surface area (Å²) in [5.41, 5.74) is 2.88. The summed E-state index contributed by atoms with van der Waals surface area (Å²) in [6.07, 6.45) is 5.94. The van der Waals surface area contributed by atoms with Crippen molar-refractivity contribution in [1.29, 1.82) is 0 Å². The van der Waals surface area contributed by atoms with Crippen LogP contribution in [-0.4, -0.2) is 40.4 Å². The Kier molecular flexibility index (Phi) is 5.01. The van der Waals surface area contributed by atoms with E-state index in [1.165, 1.54) is 20.6 Å². The fraction of sp³-hybridized carbons (Fsp3) is 0.526. The number of hydrogen-bond donors (Lipinski definition) is 0. The number of anilines is 1. The molecule has 0 aliphatic carbocycles. The summed E-state index contributed by atoms with van der Waals surface area (Å²) in [4.78, 5) is 14.8. The van der Waals surface area contributed by atoms with Crippen LogP contribution in [0.5, 0.6) is 5.75 Å². The molecule has 0 atom stereocenters. The summed E-state index contributed by atoms with van der Waals surface area (Å²) in [5, 5.41) is 0. The molecule has 2 heterocycles. The van der Waals surface area contributed by atoms with Gasteiger partial charge in [-0.25, -0.2) is 4.79 Å². The number of nitrogens with zero attached hydrogens (tertiary/aromatic N) is 1. The van der Waals surface area contributed by atoms with Crippen molar-refractivity contribution in [2.45, 2.75) is 31.7 Å². The lowest BCUT2D eigenvalue weighted by molar-refractivity contribution is -0.341. The van der Waals surface area contributed by atoms with Gasteiger partial charge in [0.05, 0.1) is 12.7 Å². The van der Waals surface area contributed by atoms with Gasteiger partial charge in [0.1, 0.15) is 11.3 Å². The molecule has 1 fully saturated rings. The van der Waals surface area contributed by atoms with Gasteiger partial charge >= 0.3 is 11.9 Å². The van der Waals surface area contributed by atoms with E-state index in [4.69, 9.17) is 18.9 Å². The SMILES string of the molecule is C=CCc1c(N2CCCCC2)cc2c(c1OC)C(OC)(OC)OC2=O. The zero-order valence-electron chi connectivity index (χ0n) is 15.1. The quantitative estimate of drug-likeness (QED) is 0.448. The summed E-state index contributed by atoms with van der Waals surface area (Å²) < 4.78 is 22.0. The summed E-state index contributed by atoms with van der Waals surface area (Å²) in [7, 11) is 4.47. The molecule has 0 amide bonds. The number of esters is 1. The van der Waals surface area contributed by atoms with Crippen molar-refractivity contribution in [1.82, 2.24) is 0 Å². The first-order chi connectivity index (χ1) is 12.1. The highest BCUT2D eigenvalue weighted by molar-refractivity contribution is 5.97. The number of carbonyl (C=O) groups is 1. The van der Waals surface area contributed by atoms with Crippen LogP contribution in [0.15, 0.2) is 18.7 Å². The Morgan fingerprint density at radius 3 is 2.48 bits per heavy atom. The summed E-state index contributed by atoms with van der Waals surface area (Å²) in [6, 6.07) is 1.88. The van der Waals surface area contributed by atoms with Crippen LogP contribution in [0.25, 0.3) is 0 Å².